The number of hydrogen-bond acceptors (Lipinski definition) is 5. The summed E-state index contributed by atoms with van der Waals surface area (Å²) in [6.07, 6.45) is 4.43. The molecule has 0 aliphatic carbocycles. The van der Waals surface area contributed by atoms with Crippen LogP contribution in [0.3, 0.4) is 0 Å². The van der Waals surface area contributed by atoms with Crippen LogP contribution >= 0.6 is 11.9 Å². The van der Waals surface area contributed by atoms with Gasteiger partial charge >= 0.3 is 0 Å². The predicted octanol–water partition coefficient (Wildman–Crippen LogP) is 5.67. The highest BCUT2D eigenvalue weighted by Gasteiger charge is 2.14. The number of hydrogen-bond donors (Lipinski definition) is 0. The lowest BCUT2D eigenvalue weighted by atomic mass is 9.87. The second-order valence-electron chi connectivity index (χ2n) is 8.15. The van der Waals surface area contributed by atoms with Crippen LogP contribution in [0.4, 0.5) is 0 Å². The van der Waals surface area contributed by atoms with E-state index in [-0.39, 0.29) is 12.0 Å². The number of benzene rings is 2. The second-order valence-corrected chi connectivity index (χ2v) is 9.32. The molecule has 3 aromatic rings. The number of aldehydes is 1. The van der Waals surface area contributed by atoms with Crippen LogP contribution in [0.1, 0.15) is 37.5 Å². The average Bonchev–Trinajstić information content (AvgIpc) is 2.73. The van der Waals surface area contributed by atoms with Crippen LogP contribution in [0.25, 0.3) is 0 Å². The maximum Gasteiger partial charge on any atom is 0.157 e. The molecule has 0 saturated heterocycles. The van der Waals surface area contributed by atoms with Gasteiger partial charge in [-0.1, -0.05) is 57.2 Å². The summed E-state index contributed by atoms with van der Waals surface area (Å²) in [5.41, 5.74) is 3.86. The number of carbonyl (C=O) groups is 1. The molecule has 0 bridgehead atoms. The van der Waals surface area contributed by atoms with Gasteiger partial charge in [0.05, 0.1) is 0 Å². The van der Waals surface area contributed by atoms with Gasteiger partial charge in [-0.15, -0.1) is 0 Å². The Bertz CT molecular complexity index is 937. The fourth-order valence-electron chi connectivity index (χ4n) is 3.05. The smallest absolute Gasteiger partial charge is 0.157 e. The zero-order valence-electron chi connectivity index (χ0n) is 17.7. The van der Waals surface area contributed by atoms with E-state index >= 15 is 0 Å². The van der Waals surface area contributed by atoms with Crippen molar-refractivity contribution < 1.29 is 9.53 Å². The molecule has 1 aromatic heterocycles. The van der Waals surface area contributed by atoms with Gasteiger partial charge in [0, 0.05) is 30.4 Å². The fraction of sp³-hybridized carbons (Fsp3) is 0.280. The molecule has 30 heavy (non-hydrogen) atoms. The van der Waals surface area contributed by atoms with Gasteiger partial charge in [0.25, 0.3) is 0 Å². The van der Waals surface area contributed by atoms with Crippen LogP contribution in [-0.4, -0.2) is 22.2 Å². The largest absolute Gasteiger partial charge is 0.486 e. The Morgan fingerprint density at radius 1 is 1.00 bits per heavy atom. The summed E-state index contributed by atoms with van der Waals surface area (Å²) in [7, 11) is 0. The van der Waals surface area contributed by atoms with Gasteiger partial charge in [0.15, 0.2) is 6.29 Å². The van der Waals surface area contributed by atoms with E-state index in [0.29, 0.717) is 5.75 Å². The number of carbonyl (C=O) groups excluding carboxylic acids is 1. The van der Waals surface area contributed by atoms with E-state index in [4.69, 9.17) is 4.74 Å². The van der Waals surface area contributed by atoms with E-state index in [1.165, 1.54) is 11.1 Å². The Morgan fingerprint density at radius 3 is 2.43 bits per heavy atom. The molecule has 0 amide bonds. The van der Waals surface area contributed by atoms with Crippen LogP contribution < -0.4 is 4.74 Å². The van der Waals surface area contributed by atoms with Crippen molar-refractivity contribution in [3.63, 3.8) is 0 Å². The predicted molar refractivity (Wildman–Crippen MR) is 122 cm³/mol. The fourth-order valence-corrected chi connectivity index (χ4v) is 4.02. The van der Waals surface area contributed by atoms with Gasteiger partial charge < -0.3 is 4.74 Å². The molecule has 0 spiro atoms. The molecule has 4 nitrogen and oxygen atoms in total. The van der Waals surface area contributed by atoms with Crippen molar-refractivity contribution in [3.8, 4) is 5.75 Å². The van der Waals surface area contributed by atoms with Crippen molar-refractivity contribution in [2.45, 2.75) is 44.2 Å². The Kier molecular flexibility index (Phi) is 7.66. The minimum Gasteiger partial charge on any atom is -0.486 e. The first kappa shape index (κ1) is 22.1. The van der Waals surface area contributed by atoms with Crippen LogP contribution in [-0.2, 0) is 23.3 Å². The van der Waals surface area contributed by atoms with E-state index in [1.54, 1.807) is 18.1 Å². The van der Waals surface area contributed by atoms with Gasteiger partial charge in [-0.25, -0.2) is 4.31 Å². The van der Waals surface area contributed by atoms with Crippen LogP contribution in [0.5, 0.6) is 5.75 Å². The zero-order valence-corrected chi connectivity index (χ0v) is 18.6. The lowest BCUT2D eigenvalue weighted by molar-refractivity contribution is -0.109. The quantitative estimate of drug-likeness (QED) is 0.330. The molecule has 0 radical (unpaired) electrons. The average molecular weight is 421 g/mol. The minimum absolute atomic E-state index is 0.0672. The molecule has 0 fully saturated rings. The summed E-state index contributed by atoms with van der Waals surface area (Å²) in [6.45, 7) is 8.28. The molecule has 5 heteroatoms. The minimum atomic E-state index is 0.0672. The summed E-state index contributed by atoms with van der Waals surface area (Å²) in [5.74, 6) is 0.709. The molecule has 0 saturated carbocycles. The topological polar surface area (TPSA) is 42.4 Å². The molecule has 3 rings (SSSR count). The van der Waals surface area contributed by atoms with Crippen molar-refractivity contribution in [2.75, 3.05) is 6.61 Å². The molecule has 0 unspecified atom stereocenters. The van der Waals surface area contributed by atoms with Crippen LogP contribution in [0.15, 0.2) is 78.0 Å². The van der Waals surface area contributed by atoms with Crippen molar-refractivity contribution in [2.24, 2.45) is 0 Å². The van der Waals surface area contributed by atoms with Crippen LogP contribution in [0.2, 0.25) is 0 Å². The van der Waals surface area contributed by atoms with Gasteiger partial charge in [-0.3, -0.25) is 9.78 Å². The number of pyridine rings is 1. The highest BCUT2D eigenvalue weighted by Crippen LogP contribution is 2.28. The Morgan fingerprint density at radius 2 is 1.77 bits per heavy atom. The highest BCUT2D eigenvalue weighted by molar-refractivity contribution is 7.97. The van der Waals surface area contributed by atoms with Crippen molar-refractivity contribution >= 4 is 18.2 Å². The first-order valence-corrected chi connectivity index (χ1v) is 10.8. The first-order valence-electron chi connectivity index (χ1n) is 10.0. The molecule has 0 atom stereocenters. The van der Waals surface area contributed by atoms with E-state index in [9.17, 15) is 4.79 Å². The summed E-state index contributed by atoms with van der Waals surface area (Å²) >= 11 is 1.69. The van der Waals surface area contributed by atoms with E-state index in [2.05, 4.69) is 66.5 Å². The SMILES string of the molecule is CC(C)(C)c1ccc(CN(Cc2cccc(OCC=O)c2)Sc2cccnc2)cc1. The normalized spacial score (nSPS) is 11.5. The molecule has 0 aliphatic heterocycles. The molecule has 2 aromatic carbocycles. The lowest BCUT2D eigenvalue weighted by Crippen LogP contribution is -2.16. The number of ether oxygens (including phenoxy) is 1. The zero-order chi connectivity index (χ0) is 21.4. The van der Waals surface area contributed by atoms with Crippen molar-refractivity contribution in [3.05, 3.63) is 89.7 Å². The Balaban J connectivity index is 1.77. The van der Waals surface area contributed by atoms with E-state index in [0.717, 1.165) is 29.8 Å². The van der Waals surface area contributed by atoms with Gasteiger partial charge in [0.1, 0.15) is 12.4 Å². The standard InChI is InChI=1S/C25H28N2O2S/c1-25(2,3)22-11-9-20(10-12-22)18-27(30-24-8-5-13-26-17-24)19-21-6-4-7-23(16-21)29-15-14-28/h4-14,16-17H,15,18-19H2,1-3H3. The number of nitrogens with zero attached hydrogens (tertiary/aromatic N) is 2. The summed E-state index contributed by atoms with van der Waals surface area (Å²) in [5, 5.41) is 0. The number of aromatic nitrogens is 1. The molecule has 0 aliphatic rings. The monoisotopic (exact) mass is 420 g/mol. The molecule has 1 heterocycles. The lowest BCUT2D eigenvalue weighted by Gasteiger charge is -2.23. The van der Waals surface area contributed by atoms with Gasteiger partial charge in [-0.2, -0.15) is 0 Å². The first-order chi connectivity index (χ1) is 14.4. The molecular weight excluding hydrogens is 392 g/mol. The van der Waals surface area contributed by atoms with E-state index < -0.39 is 0 Å². The highest BCUT2D eigenvalue weighted by atomic mass is 32.2. The Labute approximate surface area is 183 Å². The third kappa shape index (κ3) is 6.71. The van der Waals surface area contributed by atoms with E-state index in [1.807, 2.05) is 30.5 Å². The Hall–Kier alpha value is -2.63. The second kappa shape index (κ2) is 10.4. The summed E-state index contributed by atoms with van der Waals surface area (Å²) in [6, 6.07) is 20.8. The maximum atomic E-state index is 10.6. The summed E-state index contributed by atoms with van der Waals surface area (Å²) < 4.78 is 7.76. The maximum absolute atomic E-state index is 10.6. The molecular formula is C25H28N2O2S. The molecule has 156 valence electrons. The van der Waals surface area contributed by atoms with Crippen LogP contribution in [0, 0.1) is 0 Å². The van der Waals surface area contributed by atoms with Gasteiger partial charge in [0.2, 0.25) is 0 Å². The number of rotatable bonds is 9. The van der Waals surface area contributed by atoms with Crippen molar-refractivity contribution in [1.29, 1.82) is 0 Å². The third-order valence-corrected chi connectivity index (χ3v) is 5.59. The molecule has 0 N–H and O–H groups in total. The van der Waals surface area contributed by atoms with Gasteiger partial charge in [-0.05, 0) is 58.3 Å². The summed E-state index contributed by atoms with van der Waals surface area (Å²) in [4.78, 5) is 15.9. The van der Waals surface area contributed by atoms with Crippen molar-refractivity contribution in [1.82, 2.24) is 9.29 Å². The third-order valence-electron chi connectivity index (χ3n) is 4.62.